The van der Waals surface area contributed by atoms with Gasteiger partial charge in [-0.15, -0.1) is 0 Å². The second kappa shape index (κ2) is 14.6. The second-order valence-corrected chi connectivity index (χ2v) is 7.68. The number of halogens is 1. The molecule has 1 fully saturated rings. The molecule has 0 amide bonds. The van der Waals surface area contributed by atoms with Gasteiger partial charge in [-0.2, -0.15) is 0 Å². The van der Waals surface area contributed by atoms with E-state index in [4.69, 9.17) is 21.1 Å². The molecule has 190 valence electrons. The van der Waals surface area contributed by atoms with Gasteiger partial charge in [-0.3, -0.25) is 20.2 Å². The van der Waals surface area contributed by atoms with Gasteiger partial charge in [0.25, 0.3) is 11.4 Å². The Morgan fingerprint density at radius 1 is 0.914 bits per heavy atom. The molecule has 0 spiro atoms. The largest absolute Gasteiger partial charge is 0.488 e. The van der Waals surface area contributed by atoms with Crippen molar-refractivity contribution in [1.29, 1.82) is 0 Å². The first-order valence-corrected chi connectivity index (χ1v) is 10.8. The van der Waals surface area contributed by atoms with Crippen molar-refractivity contribution < 1.29 is 19.3 Å². The fourth-order valence-electron chi connectivity index (χ4n) is 3.05. The highest BCUT2D eigenvalue weighted by molar-refractivity contribution is 6.32. The maximum absolute atomic E-state index is 10.9. The van der Waals surface area contributed by atoms with E-state index < -0.39 is 9.85 Å². The van der Waals surface area contributed by atoms with E-state index in [2.05, 4.69) is 30.0 Å². The zero-order chi connectivity index (χ0) is 25.1. The van der Waals surface area contributed by atoms with E-state index in [9.17, 15) is 20.2 Å². The molecule has 3 rings (SSSR count). The maximum atomic E-state index is 10.9. The molecule has 0 radical (unpaired) electrons. The van der Waals surface area contributed by atoms with E-state index in [1.807, 2.05) is 0 Å². The van der Waals surface area contributed by atoms with Crippen LogP contribution in [0.3, 0.4) is 0 Å². The Morgan fingerprint density at radius 2 is 1.40 bits per heavy atom. The average molecular weight is 507 g/mol. The molecule has 0 bridgehead atoms. The van der Waals surface area contributed by atoms with Crippen LogP contribution in [0, 0.1) is 20.2 Å². The van der Waals surface area contributed by atoms with Crippen LogP contribution in [0.15, 0.2) is 61.7 Å². The first-order chi connectivity index (χ1) is 16.3. The number of hydrogen-bond donors (Lipinski definition) is 0. The third kappa shape index (κ3) is 8.91. The number of piperazine rings is 1. The molecule has 10 nitrogen and oxygen atoms in total. The summed E-state index contributed by atoms with van der Waals surface area (Å²) in [5, 5.41) is 21.6. The summed E-state index contributed by atoms with van der Waals surface area (Å²) in [6, 6.07) is 8.81. The zero-order valence-electron chi connectivity index (χ0n) is 18.9. The van der Waals surface area contributed by atoms with Crippen molar-refractivity contribution in [3.05, 3.63) is 87.0 Å². The highest BCUT2D eigenvalue weighted by Gasteiger charge is 2.20. The van der Waals surface area contributed by atoms with Crippen molar-refractivity contribution in [3.63, 3.8) is 0 Å². The van der Waals surface area contributed by atoms with Crippen molar-refractivity contribution in [3.8, 4) is 11.5 Å². The minimum absolute atomic E-state index is 0. The molecule has 1 aliphatic rings. The molecular weight excluding hydrogens is 476 g/mol. The predicted molar refractivity (Wildman–Crippen MR) is 139 cm³/mol. The van der Waals surface area contributed by atoms with E-state index >= 15 is 0 Å². The number of likely N-dealkylation sites (N-methyl/N-ethyl adjacent to an activating group) is 1. The number of non-ortho nitro benzene ring substituents is 2. The Balaban J connectivity index is 0.000000362. The van der Waals surface area contributed by atoms with Crippen molar-refractivity contribution in [2.24, 2.45) is 0 Å². The first kappa shape index (κ1) is 29.4. The highest BCUT2D eigenvalue weighted by Crippen LogP contribution is 2.33. The van der Waals surface area contributed by atoms with Gasteiger partial charge in [0.05, 0.1) is 32.7 Å². The minimum Gasteiger partial charge on any atom is -0.488 e. The van der Waals surface area contributed by atoms with Crippen LogP contribution in [-0.2, 0) is 0 Å². The number of benzene rings is 2. The lowest BCUT2D eigenvalue weighted by atomic mass is 10.2. The molecule has 1 saturated heterocycles. The standard InChI is InChI=1S/C14H19N3O3.C9H8ClNO3.CH4/c1-3-10-20-14-11-12(17(18)19)4-5-13(14)16-8-6-15(2)7-9-16;1-2-5-14-9-6-7(11(12)13)3-4-8(9)10;/h3-5,11H,1,6-10H2,2H3;2-4,6H,1,5H2;1H4. The summed E-state index contributed by atoms with van der Waals surface area (Å²) in [6.45, 7) is 11.4. The topological polar surface area (TPSA) is 111 Å². The van der Waals surface area contributed by atoms with E-state index in [0.717, 1.165) is 31.9 Å². The molecule has 2 aromatic carbocycles. The van der Waals surface area contributed by atoms with Gasteiger partial charge in [0.15, 0.2) is 0 Å². The monoisotopic (exact) mass is 506 g/mol. The molecule has 0 atom stereocenters. The van der Waals surface area contributed by atoms with Crippen molar-refractivity contribution in [1.82, 2.24) is 4.90 Å². The number of ether oxygens (including phenoxy) is 2. The van der Waals surface area contributed by atoms with E-state index in [1.54, 1.807) is 12.1 Å². The molecule has 1 heterocycles. The van der Waals surface area contributed by atoms with E-state index in [0.29, 0.717) is 23.1 Å². The molecular formula is C24H31ClN4O6. The van der Waals surface area contributed by atoms with Crippen LogP contribution >= 0.6 is 11.6 Å². The fraction of sp³-hybridized carbons (Fsp3) is 0.333. The summed E-state index contributed by atoms with van der Waals surface area (Å²) < 4.78 is 10.7. The van der Waals surface area contributed by atoms with Crippen LogP contribution in [0.5, 0.6) is 11.5 Å². The van der Waals surface area contributed by atoms with E-state index in [1.165, 1.54) is 36.4 Å². The Labute approximate surface area is 210 Å². The van der Waals surface area contributed by atoms with Gasteiger partial charge in [0, 0.05) is 38.3 Å². The summed E-state index contributed by atoms with van der Waals surface area (Å²) in [7, 11) is 2.09. The van der Waals surface area contributed by atoms with Crippen LogP contribution in [0.2, 0.25) is 5.02 Å². The molecule has 11 heteroatoms. The quantitative estimate of drug-likeness (QED) is 0.254. The van der Waals surface area contributed by atoms with Gasteiger partial charge in [-0.25, -0.2) is 0 Å². The van der Waals surface area contributed by atoms with Crippen LogP contribution in [0.4, 0.5) is 17.1 Å². The number of anilines is 1. The zero-order valence-corrected chi connectivity index (χ0v) is 19.6. The fourth-order valence-corrected chi connectivity index (χ4v) is 3.23. The van der Waals surface area contributed by atoms with Crippen molar-refractivity contribution in [2.45, 2.75) is 7.43 Å². The third-order valence-corrected chi connectivity index (χ3v) is 5.15. The third-order valence-electron chi connectivity index (χ3n) is 4.84. The summed E-state index contributed by atoms with van der Waals surface area (Å²) >= 11 is 5.75. The molecule has 0 N–H and O–H groups in total. The normalized spacial score (nSPS) is 12.9. The lowest BCUT2D eigenvalue weighted by Gasteiger charge is -2.34. The van der Waals surface area contributed by atoms with Gasteiger partial charge >= 0.3 is 0 Å². The lowest BCUT2D eigenvalue weighted by Crippen LogP contribution is -2.44. The number of nitrogens with zero attached hydrogens (tertiary/aromatic N) is 4. The number of nitro groups is 2. The van der Waals surface area contributed by atoms with Gasteiger partial charge in [-0.1, -0.05) is 44.3 Å². The summed E-state index contributed by atoms with van der Waals surface area (Å²) in [5.74, 6) is 0.837. The summed E-state index contributed by atoms with van der Waals surface area (Å²) in [4.78, 5) is 24.8. The lowest BCUT2D eigenvalue weighted by molar-refractivity contribution is -0.385. The van der Waals surface area contributed by atoms with Gasteiger partial charge in [0.1, 0.15) is 24.7 Å². The van der Waals surface area contributed by atoms with Crippen LogP contribution < -0.4 is 14.4 Å². The summed E-state index contributed by atoms with van der Waals surface area (Å²) in [6.07, 6.45) is 3.17. The number of rotatable bonds is 9. The molecule has 0 saturated carbocycles. The summed E-state index contributed by atoms with van der Waals surface area (Å²) in [5.41, 5.74) is 0.904. The Bertz CT molecular complexity index is 1030. The number of nitro benzene ring substituents is 2. The van der Waals surface area contributed by atoms with Crippen LogP contribution in [0.1, 0.15) is 7.43 Å². The molecule has 2 aromatic rings. The van der Waals surface area contributed by atoms with Gasteiger partial charge < -0.3 is 19.3 Å². The molecule has 35 heavy (non-hydrogen) atoms. The molecule has 0 unspecified atom stereocenters. The maximum Gasteiger partial charge on any atom is 0.273 e. The first-order valence-electron chi connectivity index (χ1n) is 10.4. The smallest absolute Gasteiger partial charge is 0.273 e. The molecule has 0 aliphatic carbocycles. The van der Waals surface area contributed by atoms with Crippen LogP contribution in [-0.4, -0.2) is 61.2 Å². The van der Waals surface area contributed by atoms with Crippen molar-refractivity contribution in [2.75, 3.05) is 51.3 Å². The Kier molecular flexibility index (Phi) is 12.3. The predicted octanol–water partition coefficient (Wildman–Crippen LogP) is 5.36. The van der Waals surface area contributed by atoms with Crippen LogP contribution in [0.25, 0.3) is 0 Å². The second-order valence-electron chi connectivity index (χ2n) is 7.27. The molecule has 0 aromatic heterocycles. The van der Waals surface area contributed by atoms with Gasteiger partial charge in [-0.05, 0) is 19.2 Å². The van der Waals surface area contributed by atoms with Crippen molar-refractivity contribution >= 4 is 28.7 Å². The van der Waals surface area contributed by atoms with E-state index in [-0.39, 0.29) is 25.4 Å². The highest BCUT2D eigenvalue weighted by atomic mass is 35.5. The Morgan fingerprint density at radius 3 is 1.91 bits per heavy atom. The SMILES string of the molecule is C.C=CCOc1cc([N+](=O)[O-])ccc1Cl.C=CCOc1cc([N+](=O)[O-])ccc1N1CCN(C)CC1. The minimum atomic E-state index is -0.503. The molecule has 1 aliphatic heterocycles. The Hall–Kier alpha value is -3.63. The average Bonchev–Trinajstić information content (AvgIpc) is 2.83. The van der Waals surface area contributed by atoms with Gasteiger partial charge in [0.2, 0.25) is 0 Å². The number of hydrogen-bond acceptors (Lipinski definition) is 8.